The Hall–Kier alpha value is -1.51. The third-order valence-corrected chi connectivity index (χ3v) is 3.77. The minimum atomic E-state index is 0.221. The maximum Gasteiger partial charge on any atom is 0.153 e. The van der Waals surface area contributed by atoms with E-state index in [1.165, 1.54) is 12.8 Å². The number of ether oxygens (including phenoxy) is 2. The van der Waals surface area contributed by atoms with E-state index in [0.29, 0.717) is 23.8 Å². The SMILES string of the molecule is CCCOc1ccc(C=O)c(OC2CCCC(C)C2)c1. The Morgan fingerprint density at radius 1 is 1.35 bits per heavy atom. The van der Waals surface area contributed by atoms with Crippen LogP contribution >= 0.6 is 0 Å². The molecule has 0 bridgehead atoms. The molecule has 1 aromatic carbocycles. The lowest BCUT2D eigenvalue weighted by Crippen LogP contribution is -2.24. The Kier molecular flexibility index (Phi) is 5.45. The van der Waals surface area contributed by atoms with Gasteiger partial charge in [0.05, 0.1) is 18.3 Å². The summed E-state index contributed by atoms with van der Waals surface area (Å²) in [5.41, 5.74) is 0.604. The van der Waals surface area contributed by atoms with Crippen molar-refractivity contribution in [3.8, 4) is 11.5 Å². The van der Waals surface area contributed by atoms with Crippen molar-refractivity contribution < 1.29 is 14.3 Å². The first-order valence-corrected chi connectivity index (χ1v) is 7.61. The van der Waals surface area contributed by atoms with E-state index in [4.69, 9.17) is 9.47 Å². The lowest BCUT2D eigenvalue weighted by molar-refractivity contribution is 0.109. The second kappa shape index (κ2) is 7.32. The molecule has 0 aliphatic heterocycles. The molecule has 1 aromatic rings. The molecule has 1 aliphatic carbocycles. The van der Waals surface area contributed by atoms with Gasteiger partial charge in [-0.2, -0.15) is 0 Å². The minimum Gasteiger partial charge on any atom is -0.493 e. The van der Waals surface area contributed by atoms with Crippen molar-refractivity contribution in [2.45, 2.75) is 52.1 Å². The number of carbonyl (C=O) groups excluding carboxylic acids is 1. The molecule has 1 saturated carbocycles. The van der Waals surface area contributed by atoms with Crippen molar-refractivity contribution in [3.63, 3.8) is 0 Å². The molecule has 110 valence electrons. The second-order valence-electron chi connectivity index (χ2n) is 5.68. The molecule has 0 saturated heterocycles. The van der Waals surface area contributed by atoms with Crippen LogP contribution in [0.5, 0.6) is 11.5 Å². The van der Waals surface area contributed by atoms with Crippen LogP contribution in [0, 0.1) is 5.92 Å². The summed E-state index contributed by atoms with van der Waals surface area (Å²) in [5.74, 6) is 2.14. The lowest BCUT2D eigenvalue weighted by Gasteiger charge is -2.28. The van der Waals surface area contributed by atoms with Crippen molar-refractivity contribution in [2.24, 2.45) is 5.92 Å². The third-order valence-electron chi connectivity index (χ3n) is 3.77. The zero-order valence-electron chi connectivity index (χ0n) is 12.4. The van der Waals surface area contributed by atoms with Gasteiger partial charge in [-0.25, -0.2) is 0 Å². The summed E-state index contributed by atoms with van der Waals surface area (Å²) in [6.07, 6.45) is 6.66. The lowest BCUT2D eigenvalue weighted by atomic mass is 9.88. The van der Waals surface area contributed by atoms with Gasteiger partial charge in [-0.05, 0) is 43.7 Å². The molecule has 0 spiro atoms. The maximum atomic E-state index is 11.1. The molecule has 3 heteroatoms. The van der Waals surface area contributed by atoms with E-state index in [1.807, 2.05) is 12.1 Å². The van der Waals surface area contributed by atoms with Gasteiger partial charge in [-0.1, -0.05) is 20.3 Å². The van der Waals surface area contributed by atoms with Crippen molar-refractivity contribution in [1.82, 2.24) is 0 Å². The Bertz CT molecular complexity index is 442. The average molecular weight is 276 g/mol. The van der Waals surface area contributed by atoms with Gasteiger partial charge in [-0.3, -0.25) is 4.79 Å². The Labute approximate surface area is 121 Å². The van der Waals surface area contributed by atoms with Crippen LogP contribution in [0.25, 0.3) is 0 Å². The van der Waals surface area contributed by atoms with Crippen LogP contribution in [0.4, 0.5) is 0 Å². The van der Waals surface area contributed by atoms with E-state index in [2.05, 4.69) is 13.8 Å². The topological polar surface area (TPSA) is 35.5 Å². The van der Waals surface area contributed by atoms with Crippen LogP contribution in [-0.4, -0.2) is 19.0 Å². The van der Waals surface area contributed by atoms with Crippen molar-refractivity contribution >= 4 is 6.29 Å². The molecule has 20 heavy (non-hydrogen) atoms. The quantitative estimate of drug-likeness (QED) is 0.729. The summed E-state index contributed by atoms with van der Waals surface area (Å²) in [4.78, 5) is 11.1. The van der Waals surface area contributed by atoms with Gasteiger partial charge in [0.25, 0.3) is 0 Å². The first-order chi connectivity index (χ1) is 9.72. The molecule has 1 fully saturated rings. The molecular formula is C17H24O3. The zero-order valence-corrected chi connectivity index (χ0v) is 12.4. The standard InChI is InChI=1S/C17H24O3/c1-3-9-19-15-8-7-14(12-18)17(11-15)20-16-6-4-5-13(2)10-16/h7-8,11-13,16H,3-6,9-10H2,1-2H3. The fraction of sp³-hybridized carbons (Fsp3) is 0.588. The highest BCUT2D eigenvalue weighted by Gasteiger charge is 2.21. The largest absolute Gasteiger partial charge is 0.493 e. The Morgan fingerprint density at radius 2 is 2.20 bits per heavy atom. The van der Waals surface area contributed by atoms with E-state index >= 15 is 0 Å². The van der Waals surface area contributed by atoms with Gasteiger partial charge in [0.1, 0.15) is 11.5 Å². The smallest absolute Gasteiger partial charge is 0.153 e. The minimum absolute atomic E-state index is 0.221. The maximum absolute atomic E-state index is 11.1. The second-order valence-corrected chi connectivity index (χ2v) is 5.68. The molecule has 2 unspecified atom stereocenters. The molecule has 2 rings (SSSR count). The van der Waals surface area contributed by atoms with Gasteiger partial charge in [-0.15, -0.1) is 0 Å². The number of hydrogen-bond acceptors (Lipinski definition) is 3. The van der Waals surface area contributed by atoms with Crippen molar-refractivity contribution in [3.05, 3.63) is 23.8 Å². The monoisotopic (exact) mass is 276 g/mol. The fourth-order valence-corrected chi connectivity index (χ4v) is 2.69. The summed E-state index contributed by atoms with van der Waals surface area (Å²) in [6, 6.07) is 5.45. The van der Waals surface area contributed by atoms with Crippen molar-refractivity contribution in [1.29, 1.82) is 0 Å². The third kappa shape index (κ3) is 3.99. The van der Waals surface area contributed by atoms with E-state index in [1.54, 1.807) is 6.07 Å². The summed E-state index contributed by atoms with van der Waals surface area (Å²) in [5, 5.41) is 0. The summed E-state index contributed by atoms with van der Waals surface area (Å²) in [7, 11) is 0. The molecule has 0 N–H and O–H groups in total. The molecule has 0 amide bonds. The number of benzene rings is 1. The van der Waals surface area contributed by atoms with E-state index in [0.717, 1.165) is 31.3 Å². The molecule has 0 aromatic heterocycles. The van der Waals surface area contributed by atoms with Gasteiger partial charge in [0.15, 0.2) is 6.29 Å². The molecule has 2 atom stereocenters. The number of hydrogen-bond donors (Lipinski definition) is 0. The molecular weight excluding hydrogens is 252 g/mol. The molecule has 3 nitrogen and oxygen atoms in total. The van der Waals surface area contributed by atoms with Gasteiger partial charge in [0.2, 0.25) is 0 Å². The van der Waals surface area contributed by atoms with Gasteiger partial charge < -0.3 is 9.47 Å². The van der Waals surface area contributed by atoms with Crippen LogP contribution in [0.1, 0.15) is 56.3 Å². The normalized spacial score (nSPS) is 22.3. The average Bonchev–Trinajstić information content (AvgIpc) is 2.45. The van der Waals surface area contributed by atoms with Gasteiger partial charge >= 0.3 is 0 Å². The van der Waals surface area contributed by atoms with E-state index in [-0.39, 0.29) is 6.10 Å². The zero-order chi connectivity index (χ0) is 14.4. The van der Waals surface area contributed by atoms with Crippen LogP contribution in [0.15, 0.2) is 18.2 Å². The van der Waals surface area contributed by atoms with Gasteiger partial charge in [0, 0.05) is 6.07 Å². The van der Waals surface area contributed by atoms with Crippen LogP contribution in [0.3, 0.4) is 0 Å². The molecule has 0 heterocycles. The predicted molar refractivity (Wildman–Crippen MR) is 79.7 cm³/mol. The number of rotatable bonds is 6. The van der Waals surface area contributed by atoms with Crippen LogP contribution in [0.2, 0.25) is 0 Å². The fourth-order valence-electron chi connectivity index (χ4n) is 2.69. The van der Waals surface area contributed by atoms with Crippen molar-refractivity contribution in [2.75, 3.05) is 6.61 Å². The van der Waals surface area contributed by atoms with E-state index in [9.17, 15) is 4.79 Å². The highest BCUT2D eigenvalue weighted by molar-refractivity contribution is 5.79. The summed E-state index contributed by atoms with van der Waals surface area (Å²) in [6.45, 7) is 5.01. The summed E-state index contributed by atoms with van der Waals surface area (Å²) < 4.78 is 11.7. The molecule has 1 aliphatic rings. The Balaban J connectivity index is 2.09. The predicted octanol–water partition coefficient (Wildman–Crippen LogP) is 4.25. The van der Waals surface area contributed by atoms with E-state index < -0.39 is 0 Å². The summed E-state index contributed by atoms with van der Waals surface area (Å²) >= 11 is 0. The molecule has 0 radical (unpaired) electrons. The first-order valence-electron chi connectivity index (χ1n) is 7.61. The van der Waals surface area contributed by atoms with Crippen LogP contribution < -0.4 is 9.47 Å². The highest BCUT2D eigenvalue weighted by atomic mass is 16.5. The highest BCUT2D eigenvalue weighted by Crippen LogP contribution is 2.30. The number of carbonyl (C=O) groups is 1. The van der Waals surface area contributed by atoms with Crippen LogP contribution in [-0.2, 0) is 0 Å². The Morgan fingerprint density at radius 3 is 2.90 bits per heavy atom. The number of aldehydes is 1. The first kappa shape index (κ1) is 14.9.